The number of aliphatic hydroxyl groups excluding tert-OH is 2. The van der Waals surface area contributed by atoms with Crippen molar-refractivity contribution in [1.29, 1.82) is 5.26 Å². The van der Waals surface area contributed by atoms with E-state index in [-0.39, 0.29) is 12.7 Å². The highest BCUT2D eigenvalue weighted by Crippen LogP contribution is 2.26. The highest BCUT2D eigenvalue weighted by atomic mass is 16.3. The van der Waals surface area contributed by atoms with Crippen molar-refractivity contribution in [3.8, 4) is 6.07 Å². The first kappa shape index (κ1) is 17.4. The van der Waals surface area contributed by atoms with E-state index in [2.05, 4.69) is 21.9 Å². The number of likely N-dealkylation sites (tertiary alicyclic amines) is 2. The Morgan fingerprint density at radius 2 is 1.88 bits per heavy atom. The number of hydrogen-bond acceptors (Lipinski definition) is 5. The van der Waals surface area contributed by atoms with Crippen LogP contribution in [-0.2, 0) is 6.54 Å². The van der Waals surface area contributed by atoms with E-state index in [0.29, 0.717) is 17.4 Å². The number of aliphatic hydroxyl groups is 2. The summed E-state index contributed by atoms with van der Waals surface area (Å²) in [6.07, 6.45) is 1.59. The molecule has 0 spiro atoms. The molecule has 3 rings (SSSR count). The molecule has 0 unspecified atom stereocenters. The fourth-order valence-corrected chi connectivity index (χ4v) is 4.01. The number of benzene rings is 1. The van der Waals surface area contributed by atoms with Crippen LogP contribution < -0.4 is 0 Å². The van der Waals surface area contributed by atoms with Gasteiger partial charge in [0.2, 0.25) is 0 Å². The smallest absolute Gasteiger partial charge is 0.0991 e. The maximum absolute atomic E-state index is 9.75. The zero-order valence-electron chi connectivity index (χ0n) is 14.1. The van der Waals surface area contributed by atoms with E-state index >= 15 is 0 Å². The number of piperidine rings is 1. The Kier molecular flexibility index (Phi) is 5.85. The molecule has 0 saturated carbocycles. The largest absolute Gasteiger partial charge is 0.396 e. The van der Waals surface area contributed by atoms with E-state index in [4.69, 9.17) is 5.26 Å². The molecule has 0 amide bonds. The fourth-order valence-electron chi connectivity index (χ4n) is 4.01. The SMILES string of the molecule is N#Cc1cccc(CN2C[C@@H](CO)[C@@H](CN3CCC(O)CC3)C2)c1. The lowest BCUT2D eigenvalue weighted by atomic mass is 9.95. The van der Waals surface area contributed by atoms with Crippen LogP contribution in [0.3, 0.4) is 0 Å². The maximum atomic E-state index is 9.75. The highest BCUT2D eigenvalue weighted by molar-refractivity contribution is 5.32. The van der Waals surface area contributed by atoms with Crippen molar-refractivity contribution in [1.82, 2.24) is 9.80 Å². The van der Waals surface area contributed by atoms with Crippen molar-refractivity contribution in [2.75, 3.05) is 39.3 Å². The third-order valence-corrected chi connectivity index (χ3v) is 5.40. The normalized spacial score (nSPS) is 26.5. The average molecular weight is 329 g/mol. The zero-order valence-corrected chi connectivity index (χ0v) is 14.1. The molecular weight excluding hydrogens is 302 g/mol. The quantitative estimate of drug-likeness (QED) is 0.845. The summed E-state index contributed by atoms with van der Waals surface area (Å²) in [5.74, 6) is 0.792. The second-order valence-corrected chi connectivity index (χ2v) is 7.24. The van der Waals surface area contributed by atoms with Crippen LogP contribution in [0.4, 0.5) is 0 Å². The van der Waals surface area contributed by atoms with Gasteiger partial charge in [-0.3, -0.25) is 4.90 Å². The molecule has 2 heterocycles. The van der Waals surface area contributed by atoms with Crippen LogP contribution in [0.15, 0.2) is 24.3 Å². The van der Waals surface area contributed by atoms with Crippen LogP contribution in [-0.4, -0.2) is 65.4 Å². The monoisotopic (exact) mass is 329 g/mol. The van der Waals surface area contributed by atoms with Crippen molar-refractivity contribution in [3.05, 3.63) is 35.4 Å². The van der Waals surface area contributed by atoms with E-state index < -0.39 is 0 Å². The molecule has 0 aliphatic carbocycles. The maximum Gasteiger partial charge on any atom is 0.0991 e. The Morgan fingerprint density at radius 3 is 2.58 bits per heavy atom. The lowest BCUT2D eigenvalue weighted by molar-refractivity contribution is 0.0684. The summed E-state index contributed by atoms with van der Waals surface area (Å²) in [5.41, 5.74) is 1.86. The van der Waals surface area contributed by atoms with E-state index in [0.717, 1.165) is 57.7 Å². The number of rotatable bonds is 5. The Bertz CT molecular complexity index is 578. The molecule has 0 aromatic heterocycles. The molecule has 2 aliphatic rings. The first-order chi connectivity index (χ1) is 11.7. The second-order valence-electron chi connectivity index (χ2n) is 7.24. The van der Waals surface area contributed by atoms with E-state index in [1.807, 2.05) is 18.2 Å². The Balaban J connectivity index is 1.56. The van der Waals surface area contributed by atoms with Gasteiger partial charge in [-0.25, -0.2) is 0 Å². The van der Waals surface area contributed by atoms with E-state index in [1.165, 1.54) is 0 Å². The summed E-state index contributed by atoms with van der Waals surface area (Å²) >= 11 is 0. The van der Waals surface area contributed by atoms with Crippen LogP contribution in [0, 0.1) is 23.2 Å². The number of nitrogens with zero attached hydrogens (tertiary/aromatic N) is 3. The molecule has 5 nitrogen and oxygen atoms in total. The molecule has 2 atom stereocenters. The summed E-state index contributed by atoms with van der Waals surface area (Å²) in [5, 5.41) is 28.4. The molecular formula is C19H27N3O2. The molecule has 2 aliphatic heterocycles. The minimum atomic E-state index is -0.137. The Morgan fingerprint density at radius 1 is 1.12 bits per heavy atom. The van der Waals surface area contributed by atoms with Crippen molar-refractivity contribution in [2.24, 2.45) is 11.8 Å². The molecule has 2 N–H and O–H groups in total. The van der Waals surface area contributed by atoms with Crippen LogP contribution in [0.2, 0.25) is 0 Å². The lowest BCUT2D eigenvalue weighted by Gasteiger charge is -2.32. The standard InChI is InChI=1S/C19H27N3O2/c20-9-15-2-1-3-16(8-15)10-22-12-17(18(13-22)14-23)11-21-6-4-19(24)5-7-21/h1-3,8,17-19,23-24H,4-7,10-14H2/t17-,18-/m0/s1. The van der Waals surface area contributed by atoms with E-state index in [9.17, 15) is 10.2 Å². The summed E-state index contributed by atoms with van der Waals surface area (Å²) in [6, 6.07) is 9.97. The van der Waals surface area contributed by atoms with Gasteiger partial charge in [-0.1, -0.05) is 12.1 Å². The van der Waals surface area contributed by atoms with Gasteiger partial charge < -0.3 is 15.1 Å². The number of hydrogen-bond donors (Lipinski definition) is 2. The van der Waals surface area contributed by atoms with Gasteiger partial charge in [-0.05, 0) is 42.4 Å². The predicted octanol–water partition coefficient (Wildman–Crippen LogP) is 1.06. The molecule has 130 valence electrons. The van der Waals surface area contributed by atoms with Crippen LogP contribution in [0.5, 0.6) is 0 Å². The molecule has 1 aromatic rings. The van der Waals surface area contributed by atoms with Gasteiger partial charge in [0, 0.05) is 45.9 Å². The molecule has 0 bridgehead atoms. The van der Waals surface area contributed by atoms with Gasteiger partial charge in [-0.2, -0.15) is 5.26 Å². The third-order valence-electron chi connectivity index (χ3n) is 5.40. The third kappa shape index (κ3) is 4.34. The molecule has 1 aromatic carbocycles. The second kappa shape index (κ2) is 8.09. The van der Waals surface area contributed by atoms with Crippen molar-refractivity contribution in [2.45, 2.75) is 25.5 Å². The topological polar surface area (TPSA) is 70.7 Å². The molecule has 0 radical (unpaired) electrons. The van der Waals surface area contributed by atoms with Gasteiger partial charge in [-0.15, -0.1) is 0 Å². The number of nitriles is 1. The van der Waals surface area contributed by atoms with Crippen LogP contribution in [0.1, 0.15) is 24.0 Å². The molecule has 2 saturated heterocycles. The van der Waals surface area contributed by atoms with Crippen molar-refractivity contribution in [3.63, 3.8) is 0 Å². The van der Waals surface area contributed by atoms with Crippen LogP contribution in [0.25, 0.3) is 0 Å². The first-order valence-corrected chi connectivity index (χ1v) is 8.90. The summed E-state index contributed by atoms with van der Waals surface area (Å²) in [4.78, 5) is 4.82. The molecule has 5 heteroatoms. The summed E-state index contributed by atoms with van der Waals surface area (Å²) in [6.45, 7) is 5.89. The minimum Gasteiger partial charge on any atom is -0.396 e. The fraction of sp³-hybridized carbons (Fsp3) is 0.632. The van der Waals surface area contributed by atoms with Gasteiger partial charge in [0.05, 0.1) is 17.7 Å². The lowest BCUT2D eigenvalue weighted by Crippen LogP contribution is -2.40. The Hall–Kier alpha value is -1.45. The van der Waals surface area contributed by atoms with Gasteiger partial charge in [0.1, 0.15) is 0 Å². The van der Waals surface area contributed by atoms with Gasteiger partial charge in [0.15, 0.2) is 0 Å². The zero-order chi connectivity index (χ0) is 16.9. The van der Waals surface area contributed by atoms with Crippen molar-refractivity contribution >= 4 is 0 Å². The van der Waals surface area contributed by atoms with E-state index in [1.54, 1.807) is 0 Å². The molecule has 24 heavy (non-hydrogen) atoms. The average Bonchev–Trinajstić information content (AvgIpc) is 2.98. The summed E-state index contributed by atoms with van der Waals surface area (Å²) in [7, 11) is 0. The highest BCUT2D eigenvalue weighted by Gasteiger charge is 2.34. The summed E-state index contributed by atoms with van der Waals surface area (Å²) < 4.78 is 0. The Labute approximate surface area is 144 Å². The minimum absolute atomic E-state index is 0.137. The van der Waals surface area contributed by atoms with Crippen molar-refractivity contribution < 1.29 is 10.2 Å². The van der Waals surface area contributed by atoms with Gasteiger partial charge >= 0.3 is 0 Å². The first-order valence-electron chi connectivity index (χ1n) is 8.90. The predicted molar refractivity (Wildman–Crippen MR) is 92.2 cm³/mol. The van der Waals surface area contributed by atoms with Crippen LogP contribution >= 0.6 is 0 Å². The molecule has 2 fully saturated rings. The van der Waals surface area contributed by atoms with Gasteiger partial charge in [0.25, 0.3) is 0 Å².